The molecule has 2 amide bonds. The Labute approximate surface area is 203 Å². The van der Waals surface area contributed by atoms with E-state index in [0.29, 0.717) is 12.2 Å². The molecule has 0 heterocycles. The number of nitrogens with one attached hydrogen (secondary N) is 1. The lowest BCUT2D eigenvalue weighted by Crippen LogP contribution is -2.50. The molecule has 1 unspecified atom stereocenters. The molecule has 0 aromatic heterocycles. The first kappa shape index (κ1) is 25.0. The Hall–Kier alpha value is -3.60. The molecule has 178 valence electrons. The molecule has 1 N–H and O–H groups in total. The van der Waals surface area contributed by atoms with Gasteiger partial charge in [0.2, 0.25) is 11.8 Å². The SMILES string of the molecule is Cc1ccccc1CN(C(=O)Cc1ccccc1)C(C(=O)Nc1ccc(N(C)C)cc1)C(C)C. The minimum absolute atomic E-state index is 0.0636. The maximum atomic E-state index is 13.6. The van der Waals surface area contributed by atoms with Crippen molar-refractivity contribution in [2.24, 2.45) is 5.92 Å². The minimum Gasteiger partial charge on any atom is -0.378 e. The van der Waals surface area contributed by atoms with Gasteiger partial charge >= 0.3 is 0 Å². The summed E-state index contributed by atoms with van der Waals surface area (Å²) in [5.74, 6) is -0.307. The van der Waals surface area contributed by atoms with E-state index in [2.05, 4.69) is 5.32 Å². The summed E-state index contributed by atoms with van der Waals surface area (Å²) < 4.78 is 0. The lowest BCUT2D eigenvalue weighted by Gasteiger charge is -2.34. The first-order chi connectivity index (χ1) is 16.3. The molecule has 34 heavy (non-hydrogen) atoms. The Morgan fingerprint density at radius 3 is 2.06 bits per heavy atom. The van der Waals surface area contributed by atoms with E-state index < -0.39 is 6.04 Å². The molecule has 0 bridgehead atoms. The van der Waals surface area contributed by atoms with Crippen LogP contribution in [-0.4, -0.2) is 36.9 Å². The summed E-state index contributed by atoms with van der Waals surface area (Å²) in [6.07, 6.45) is 0.251. The summed E-state index contributed by atoms with van der Waals surface area (Å²) in [5.41, 5.74) is 4.84. The van der Waals surface area contributed by atoms with Gasteiger partial charge in [-0.1, -0.05) is 68.4 Å². The van der Waals surface area contributed by atoms with Crippen molar-refractivity contribution in [3.63, 3.8) is 0 Å². The number of aryl methyl sites for hydroxylation is 1. The van der Waals surface area contributed by atoms with Crippen LogP contribution in [0.2, 0.25) is 0 Å². The highest BCUT2D eigenvalue weighted by Gasteiger charge is 2.33. The second-order valence-electron chi connectivity index (χ2n) is 9.23. The molecular weight excluding hydrogens is 422 g/mol. The van der Waals surface area contributed by atoms with Gasteiger partial charge in [-0.2, -0.15) is 0 Å². The molecule has 3 aromatic carbocycles. The average molecular weight is 458 g/mol. The number of rotatable bonds is 9. The van der Waals surface area contributed by atoms with Crippen LogP contribution in [0.1, 0.15) is 30.5 Å². The largest absolute Gasteiger partial charge is 0.378 e. The van der Waals surface area contributed by atoms with Gasteiger partial charge in [-0.3, -0.25) is 9.59 Å². The maximum absolute atomic E-state index is 13.6. The molecule has 1 atom stereocenters. The maximum Gasteiger partial charge on any atom is 0.247 e. The Morgan fingerprint density at radius 1 is 0.853 bits per heavy atom. The molecule has 5 nitrogen and oxygen atoms in total. The zero-order chi connectivity index (χ0) is 24.7. The van der Waals surface area contributed by atoms with Gasteiger partial charge in [0, 0.05) is 32.0 Å². The van der Waals surface area contributed by atoms with Crippen LogP contribution < -0.4 is 10.2 Å². The summed E-state index contributed by atoms with van der Waals surface area (Å²) in [7, 11) is 3.95. The van der Waals surface area contributed by atoms with Gasteiger partial charge in [0.1, 0.15) is 6.04 Å². The Balaban J connectivity index is 1.89. The molecule has 0 fully saturated rings. The van der Waals surface area contributed by atoms with Crippen LogP contribution in [0.3, 0.4) is 0 Å². The fourth-order valence-corrected chi connectivity index (χ4v) is 4.05. The minimum atomic E-state index is -0.607. The summed E-state index contributed by atoms with van der Waals surface area (Å²) in [6.45, 7) is 6.39. The van der Waals surface area contributed by atoms with Gasteiger partial charge in [0.15, 0.2) is 0 Å². The number of benzene rings is 3. The second kappa shape index (κ2) is 11.5. The molecule has 0 saturated heterocycles. The van der Waals surface area contributed by atoms with Crippen molar-refractivity contribution in [1.82, 2.24) is 4.90 Å². The number of nitrogens with zero attached hydrogens (tertiary/aromatic N) is 2. The third-order valence-corrected chi connectivity index (χ3v) is 6.01. The number of anilines is 2. The molecule has 0 aliphatic rings. The van der Waals surface area contributed by atoms with Gasteiger partial charge < -0.3 is 15.1 Å². The fraction of sp³-hybridized carbons (Fsp3) is 0.310. The van der Waals surface area contributed by atoms with Crippen LogP contribution in [0, 0.1) is 12.8 Å². The molecule has 0 radical (unpaired) electrons. The van der Waals surface area contributed by atoms with E-state index in [4.69, 9.17) is 0 Å². The van der Waals surface area contributed by atoms with Gasteiger partial charge in [-0.15, -0.1) is 0 Å². The van der Waals surface area contributed by atoms with E-state index in [1.165, 1.54) is 0 Å². The van der Waals surface area contributed by atoms with Gasteiger partial charge in [-0.25, -0.2) is 0 Å². The van der Waals surface area contributed by atoms with E-state index in [1.807, 2.05) is 119 Å². The zero-order valence-electron chi connectivity index (χ0n) is 20.8. The first-order valence-corrected chi connectivity index (χ1v) is 11.7. The predicted molar refractivity (Wildman–Crippen MR) is 140 cm³/mol. The number of hydrogen-bond donors (Lipinski definition) is 1. The van der Waals surface area contributed by atoms with Crippen molar-refractivity contribution in [3.05, 3.63) is 95.6 Å². The summed E-state index contributed by atoms with van der Waals surface area (Å²) in [6, 6.07) is 24.8. The topological polar surface area (TPSA) is 52.7 Å². The van der Waals surface area contributed by atoms with Crippen LogP contribution in [-0.2, 0) is 22.6 Å². The lowest BCUT2D eigenvalue weighted by molar-refractivity contribution is -0.140. The van der Waals surface area contributed by atoms with Crippen molar-refractivity contribution < 1.29 is 9.59 Å². The van der Waals surface area contributed by atoms with Crippen LogP contribution >= 0.6 is 0 Å². The van der Waals surface area contributed by atoms with E-state index in [9.17, 15) is 9.59 Å². The molecule has 0 saturated carbocycles. The van der Waals surface area contributed by atoms with E-state index in [-0.39, 0.29) is 24.2 Å². The van der Waals surface area contributed by atoms with Crippen molar-refractivity contribution >= 4 is 23.2 Å². The predicted octanol–water partition coefficient (Wildman–Crippen LogP) is 5.30. The van der Waals surface area contributed by atoms with E-state index in [1.54, 1.807) is 4.90 Å². The molecule has 0 spiro atoms. The molecule has 5 heteroatoms. The van der Waals surface area contributed by atoms with Crippen molar-refractivity contribution in [2.75, 3.05) is 24.3 Å². The van der Waals surface area contributed by atoms with Crippen LogP contribution in [0.4, 0.5) is 11.4 Å². The molecule has 0 aliphatic carbocycles. The molecule has 3 aromatic rings. The Kier molecular flexibility index (Phi) is 8.47. The highest BCUT2D eigenvalue weighted by atomic mass is 16.2. The Bertz CT molecular complexity index is 1090. The van der Waals surface area contributed by atoms with Crippen molar-refractivity contribution in [2.45, 2.75) is 39.8 Å². The van der Waals surface area contributed by atoms with Crippen molar-refractivity contribution in [1.29, 1.82) is 0 Å². The molecule has 3 rings (SSSR count). The van der Waals surface area contributed by atoms with Crippen LogP contribution in [0.5, 0.6) is 0 Å². The van der Waals surface area contributed by atoms with Gasteiger partial charge in [0.25, 0.3) is 0 Å². The van der Waals surface area contributed by atoms with E-state index in [0.717, 1.165) is 22.4 Å². The summed E-state index contributed by atoms with van der Waals surface area (Å²) >= 11 is 0. The Morgan fingerprint density at radius 2 is 1.47 bits per heavy atom. The van der Waals surface area contributed by atoms with Gasteiger partial charge in [-0.05, 0) is 53.8 Å². The summed E-state index contributed by atoms with van der Waals surface area (Å²) in [4.78, 5) is 30.9. The number of carbonyl (C=O) groups is 2. The fourth-order valence-electron chi connectivity index (χ4n) is 4.05. The third-order valence-electron chi connectivity index (χ3n) is 6.01. The third kappa shape index (κ3) is 6.47. The second-order valence-corrected chi connectivity index (χ2v) is 9.23. The number of amides is 2. The summed E-state index contributed by atoms with van der Waals surface area (Å²) in [5, 5.41) is 3.04. The molecule has 0 aliphatic heterocycles. The highest BCUT2D eigenvalue weighted by molar-refractivity contribution is 5.97. The number of hydrogen-bond acceptors (Lipinski definition) is 3. The highest BCUT2D eigenvalue weighted by Crippen LogP contribution is 2.22. The molecular formula is C29H35N3O2. The first-order valence-electron chi connectivity index (χ1n) is 11.7. The zero-order valence-corrected chi connectivity index (χ0v) is 20.8. The lowest BCUT2D eigenvalue weighted by atomic mass is 9.98. The van der Waals surface area contributed by atoms with Gasteiger partial charge in [0.05, 0.1) is 6.42 Å². The normalized spacial score (nSPS) is 11.7. The van der Waals surface area contributed by atoms with Crippen molar-refractivity contribution in [3.8, 4) is 0 Å². The number of carbonyl (C=O) groups excluding carboxylic acids is 2. The smallest absolute Gasteiger partial charge is 0.247 e. The monoisotopic (exact) mass is 457 g/mol. The quantitative estimate of drug-likeness (QED) is 0.475. The van der Waals surface area contributed by atoms with E-state index >= 15 is 0 Å². The standard InChI is InChI=1S/C29H35N3O2/c1-21(2)28(29(34)30-25-15-17-26(18-16-25)31(4)5)32(20-24-14-10-9-11-22(24)3)27(33)19-23-12-7-6-8-13-23/h6-18,21,28H,19-20H2,1-5H3,(H,30,34). The average Bonchev–Trinajstić information content (AvgIpc) is 2.80. The van der Waals surface area contributed by atoms with Crippen LogP contribution in [0.25, 0.3) is 0 Å². The van der Waals surface area contributed by atoms with Crippen LogP contribution in [0.15, 0.2) is 78.9 Å².